The maximum atomic E-state index is 12.4. The number of carbonyl (C=O) groups is 1. The molecule has 148 valence electrons. The van der Waals surface area contributed by atoms with Crippen molar-refractivity contribution < 1.29 is 9.72 Å². The zero-order valence-corrected chi connectivity index (χ0v) is 17.1. The number of aryl methyl sites for hydroxylation is 3. The average molecular weight is 408 g/mol. The number of carbonyl (C=O) groups excluding carboxylic acids is 1. The van der Waals surface area contributed by atoms with Crippen LogP contribution in [0, 0.1) is 30.9 Å². The molecule has 1 aromatic heterocycles. The van der Waals surface area contributed by atoms with Crippen LogP contribution in [0.4, 0.5) is 11.4 Å². The van der Waals surface area contributed by atoms with Gasteiger partial charge >= 0.3 is 0 Å². The summed E-state index contributed by atoms with van der Waals surface area (Å²) in [6.45, 7) is 5.51. The first-order valence-electron chi connectivity index (χ1n) is 8.93. The number of rotatable bonds is 6. The largest absolute Gasteiger partial charge is 0.320 e. The summed E-state index contributed by atoms with van der Waals surface area (Å²) < 4.78 is 0. The smallest absolute Gasteiger partial charge is 0.293 e. The molecule has 1 amide bonds. The van der Waals surface area contributed by atoms with Crippen molar-refractivity contribution in [3.63, 3.8) is 0 Å². The number of hydrogen-bond acceptors (Lipinski definition) is 6. The molecule has 0 fully saturated rings. The van der Waals surface area contributed by atoms with Gasteiger partial charge in [-0.15, -0.1) is 0 Å². The quantitative estimate of drug-likeness (QED) is 0.275. The molecular weight excluding hydrogens is 388 g/mol. The Morgan fingerprint density at radius 1 is 1.07 bits per heavy atom. The fraction of sp³-hybridized carbons (Fsp3) is 0.190. The molecule has 0 radical (unpaired) electrons. The van der Waals surface area contributed by atoms with Gasteiger partial charge in [-0.3, -0.25) is 14.9 Å². The number of nitro groups is 1. The normalized spacial score (nSPS) is 10.6. The number of benzene rings is 2. The van der Waals surface area contributed by atoms with Crippen molar-refractivity contribution >= 4 is 29.0 Å². The van der Waals surface area contributed by atoms with E-state index in [0.717, 1.165) is 28.1 Å². The maximum Gasteiger partial charge on any atom is 0.293 e. The van der Waals surface area contributed by atoms with Gasteiger partial charge in [0.05, 0.1) is 16.4 Å². The number of nitro benzene ring substituents is 1. The molecule has 0 aliphatic rings. The summed E-state index contributed by atoms with van der Waals surface area (Å²) in [5, 5.41) is 14.4. The highest BCUT2D eigenvalue weighted by Gasteiger charge is 2.18. The zero-order valence-electron chi connectivity index (χ0n) is 16.3. The van der Waals surface area contributed by atoms with Gasteiger partial charge in [-0.2, -0.15) is 0 Å². The number of hydrogen-bond donors (Lipinski definition) is 1. The molecule has 8 heteroatoms. The molecule has 0 aliphatic heterocycles. The molecule has 7 nitrogen and oxygen atoms in total. The summed E-state index contributed by atoms with van der Waals surface area (Å²) in [5.41, 5.74) is 4.29. The van der Waals surface area contributed by atoms with Crippen LogP contribution in [0.25, 0.3) is 11.3 Å². The second-order valence-corrected chi connectivity index (χ2v) is 7.53. The lowest BCUT2D eigenvalue weighted by Crippen LogP contribution is -2.16. The predicted octanol–water partition coefficient (Wildman–Crippen LogP) is 4.71. The van der Waals surface area contributed by atoms with Crippen LogP contribution in [0.3, 0.4) is 0 Å². The van der Waals surface area contributed by atoms with Crippen molar-refractivity contribution in [2.45, 2.75) is 25.9 Å². The second kappa shape index (κ2) is 8.83. The van der Waals surface area contributed by atoms with E-state index in [4.69, 9.17) is 0 Å². The average Bonchev–Trinajstić information content (AvgIpc) is 2.69. The second-order valence-electron chi connectivity index (χ2n) is 6.59. The summed E-state index contributed by atoms with van der Waals surface area (Å²) >= 11 is 1.19. The van der Waals surface area contributed by atoms with E-state index < -0.39 is 4.92 Å². The maximum absolute atomic E-state index is 12.4. The first-order chi connectivity index (χ1) is 13.8. The van der Waals surface area contributed by atoms with Crippen molar-refractivity contribution in [3.05, 3.63) is 75.5 Å². The van der Waals surface area contributed by atoms with Crippen molar-refractivity contribution in [2.24, 2.45) is 0 Å². The van der Waals surface area contributed by atoms with E-state index in [-0.39, 0.29) is 23.0 Å². The summed E-state index contributed by atoms with van der Waals surface area (Å²) in [6.07, 6.45) is 0. The molecule has 0 saturated carbocycles. The minimum atomic E-state index is -0.495. The van der Waals surface area contributed by atoms with E-state index in [1.54, 1.807) is 13.0 Å². The lowest BCUT2D eigenvalue weighted by molar-refractivity contribution is -0.384. The van der Waals surface area contributed by atoms with Gasteiger partial charge in [0.25, 0.3) is 5.69 Å². The van der Waals surface area contributed by atoms with Crippen molar-refractivity contribution in [2.75, 3.05) is 11.1 Å². The first-order valence-corrected chi connectivity index (χ1v) is 9.91. The van der Waals surface area contributed by atoms with Crippen molar-refractivity contribution in [1.29, 1.82) is 0 Å². The Balaban J connectivity index is 1.73. The fourth-order valence-corrected chi connectivity index (χ4v) is 3.43. The topological polar surface area (TPSA) is 98.0 Å². The Kier molecular flexibility index (Phi) is 6.23. The van der Waals surface area contributed by atoms with Crippen LogP contribution in [0.1, 0.15) is 16.8 Å². The van der Waals surface area contributed by atoms with Gasteiger partial charge in [0.15, 0.2) is 5.16 Å². The molecule has 0 spiro atoms. The number of amides is 1. The zero-order chi connectivity index (χ0) is 21.0. The van der Waals surface area contributed by atoms with Crippen LogP contribution in [0.5, 0.6) is 0 Å². The lowest BCUT2D eigenvalue weighted by Gasteiger charge is -2.09. The highest BCUT2D eigenvalue weighted by Crippen LogP contribution is 2.28. The molecule has 0 bridgehead atoms. The summed E-state index contributed by atoms with van der Waals surface area (Å²) in [4.78, 5) is 32.1. The van der Waals surface area contributed by atoms with Gasteiger partial charge < -0.3 is 5.32 Å². The van der Waals surface area contributed by atoms with E-state index in [0.29, 0.717) is 5.16 Å². The Hall–Kier alpha value is -3.26. The van der Waals surface area contributed by atoms with Crippen molar-refractivity contribution in [3.8, 4) is 11.3 Å². The predicted molar refractivity (Wildman–Crippen MR) is 114 cm³/mol. The molecule has 0 unspecified atom stereocenters. The highest BCUT2D eigenvalue weighted by molar-refractivity contribution is 7.99. The Morgan fingerprint density at radius 3 is 2.45 bits per heavy atom. The molecule has 0 atom stereocenters. The third kappa shape index (κ3) is 5.17. The van der Waals surface area contributed by atoms with E-state index in [9.17, 15) is 14.9 Å². The van der Waals surface area contributed by atoms with E-state index in [1.165, 1.54) is 17.8 Å². The standard InChI is InChI=1S/C21H20N4O3S/c1-13-9-18(19(25(27)28)10-14(13)2)23-20(26)12-29-21-22-15(3)11-17(24-21)16-7-5-4-6-8-16/h4-11H,12H2,1-3H3,(H,23,26). The number of nitrogens with one attached hydrogen (secondary N) is 1. The first kappa shape index (κ1) is 20.5. The van der Waals surface area contributed by atoms with Crippen LogP contribution in [-0.2, 0) is 4.79 Å². The van der Waals surface area contributed by atoms with Gasteiger partial charge in [-0.05, 0) is 44.0 Å². The summed E-state index contributed by atoms with van der Waals surface area (Å²) in [5.74, 6) is -0.311. The van der Waals surface area contributed by atoms with Gasteiger partial charge in [0, 0.05) is 17.3 Å². The molecule has 29 heavy (non-hydrogen) atoms. The van der Waals surface area contributed by atoms with Crippen LogP contribution in [0.2, 0.25) is 0 Å². The Bertz CT molecular complexity index is 1070. The number of aromatic nitrogens is 2. The fourth-order valence-electron chi connectivity index (χ4n) is 2.73. The minimum Gasteiger partial charge on any atom is -0.320 e. The SMILES string of the molecule is Cc1cc(-c2ccccc2)nc(SCC(=O)Nc2cc(C)c(C)cc2[N+](=O)[O-])n1. The summed E-state index contributed by atoms with van der Waals surface area (Å²) in [6, 6.07) is 14.7. The molecule has 1 heterocycles. The molecule has 3 rings (SSSR count). The van der Waals surface area contributed by atoms with E-state index in [2.05, 4.69) is 15.3 Å². The number of thioether (sulfide) groups is 1. The lowest BCUT2D eigenvalue weighted by atomic mass is 10.1. The Labute approximate surface area is 172 Å². The van der Waals surface area contributed by atoms with Crippen LogP contribution in [0.15, 0.2) is 53.7 Å². The van der Waals surface area contributed by atoms with Crippen LogP contribution < -0.4 is 5.32 Å². The Morgan fingerprint density at radius 2 is 1.76 bits per heavy atom. The van der Waals surface area contributed by atoms with E-state index in [1.807, 2.05) is 50.2 Å². The molecule has 1 N–H and O–H groups in total. The third-order valence-corrected chi connectivity index (χ3v) is 5.17. The monoisotopic (exact) mass is 408 g/mol. The third-order valence-electron chi connectivity index (χ3n) is 4.32. The molecule has 2 aromatic carbocycles. The van der Waals surface area contributed by atoms with E-state index >= 15 is 0 Å². The number of nitrogens with zero attached hydrogens (tertiary/aromatic N) is 3. The number of anilines is 1. The van der Waals surface area contributed by atoms with Gasteiger partial charge in [-0.25, -0.2) is 9.97 Å². The van der Waals surface area contributed by atoms with Gasteiger partial charge in [0.2, 0.25) is 5.91 Å². The highest BCUT2D eigenvalue weighted by atomic mass is 32.2. The van der Waals surface area contributed by atoms with Gasteiger partial charge in [0.1, 0.15) is 5.69 Å². The minimum absolute atomic E-state index is 0.0434. The molecule has 0 aliphatic carbocycles. The van der Waals surface area contributed by atoms with Crippen LogP contribution in [-0.4, -0.2) is 26.6 Å². The molecular formula is C21H20N4O3S. The van der Waals surface area contributed by atoms with Crippen LogP contribution >= 0.6 is 11.8 Å². The molecule has 0 saturated heterocycles. The molecule has 3 aromatic rings. The van der Waals surface area contributed by atoms with Crippen molar-refractivity contribution in [1.82, 2.24) is 9.97 Å². The summed E-state index contributed by atoms with van der Waals surface area (Å²) in [7, 11) is 0. The van der Waals surface area contributed by atoms with Gasteiger partial charge in [-0.1, -0.05) is 42.1 Å².